The Hall–Kier alpha value is -0.120. The van der Waals surface area contributed by atoms with Crippen LogP contribution in [-0.2, 0) is 0 Å². The lowest BCUT2D eigenvalue weighted by Crippen LogP contribution is -2.57. The van der Waals surface area contributed by atoms with Gasteiger partial charge in [-0.3, -0.25) is 4.90 Å². The van der Waals surface area contributed by atoms with Crippen LogP contribution < -0.4 is 5.32 Å². The van der Waals surface area contributed by atoms with Crippen molar-refractivity contribution in [3.63, 3.8) is 0 Å². The van der Waals surface area contributed by atoms with Crippen molar-refractivity contribution in [3.05, 3.63) is 0 Å². The highest BCUT2D eigenvalue weighted by Crippen LogP contribution is 2.26. The fourth-order valence-electron chi connectivity index (χ4n) is 2.53. The highest BCUT2D eigenvalue weighted by atomic mass is 15.3. The minimum Gasteiger partial charge on any atom is -0.314 e. The summed E-state index contributed by atoms with van der Waals surface area (Å²) < 4.78 is 0. The minimum atomic E-state index is 0.810. The van der Waals surface area contributed by atoms with E-state index < -0.39 is 0 Å². The molecule has 0 bridgehead atoms. The number of hydrogen-bond donors (Lipinski definition) is 1. The van der Waals surface area contributed by atoms with Crippen LogP contribution in [0, 0.1) is 0 Å². The van der Waals surface area contributed by atoms with Crippen LogP contribution in [0.1, 0.15) is 19.8 Å². The minimum absolute atomic E-state index is 0.810. The first-order valence-electron chi connectivity index (χ1n) is 5.95. The van der Waals surface area contributed by atoms with Gasteiger partial charge in [-0.2, -0.15) is 0 Å². The number of nitrogens with zero attached hydrogens (tertiary/aromatic N) is 2. The summed E-state index contributed by atoms with van der Waals surface area (Å²) in [5.41, 5.74) is 0. The van der Waals surface area contributed by atoms with Gasteiger partial charge in [-0.25, -0.2) is 0 Å². The van der Waals surface area contributed by atoms with E-state index in [-0.39, 0.29) is 0 Å². The first-order valence-corrected chi connectivity index (χ1v) is 5.95. The average Bonchev–Trinajstić information content (AvgIpc) is 2.13. The molecule has 3 heteroatoms. The second-order valence-electron chi connectivity index (χ2n) is 4.72. The molecular weight excluding hydrogens is 174 g/mol. The molecule has 1 saturated carbocycles. The number of piperazine rings is 1. The Morgan fingerprint density at radius 1 is 1.14 bits per heavy atom. The zero-order chi connectivity index (χ0) is 9.97. The van der Waals surface area contributed by atoms with Crippen molar-refractivity contribution in [2.45, 2.75) is 31.8 Å². The molecule has 0 atom stereocenters. The first kappa shape index (κ1) is 10.4. The quantitative estimate of drug-likeness (QED) is 0.705. The predicted molar refractivity (Wildman–Crippen MR) is 59.6 cm³/mol. The van der Waals surface area contributed by atoms with Crippen molar-refractivity contribution in [3.8, 4) is 0 Å². The molecule has 0 spiro atoms. The van der Waals surface area contributed by atoms with Crippen molar-refractivity contribution < 1.29 is 0 Å². The number of likely N-dealkylation sites (N-methyl/N-ethyl adjacent to an activating group) is 1. The van der Waals surface area contributed by atoms with Crippen LogP contribution in [0.4, 0.5) is 0 Å². The fourth-order valence-corrected chi connectivity index (χ4v) is 2.53. The van der Waals surface area contributed by atoms with Gasteiger partial charge in [0.15, 0.2) is 0 Å². The SMILES string of the molecule is CCNC1CC(N2CCN(C)CC2)C1. The Kier molecular flexibility index (Phi) is 3.42. The summed E-state index contributed by atoms with van der Waals surface area (Å²) in [5, 5.41) is 3.52. The molecule has 0 unspecified atom stereocenters. The molecule has 1 aliphatic carbocycles. The van der Waals surface area contributed by atoms with E-state index in [2.05, 4.69) is 29.1 Å². The Balaban J connectivity index is 1.67. The van der Waals surface area contributed by atoms with Crippen molar-refractivity contribution >= 4 is 0 Å². The van der Waals surface area contributed by atoms with Crippen molar-refractivity contribution in [2.24, 2.45) is 0 Å². The van der Waals surface area contributed by atoms with Gasteiger partial charge in [0.05, 0.1) is 0 Å². The Labute approximate surface area is 87.4 Å². The topological polar surface area (TPSA) is 18.5 Å². The highest BCUT2D eigenvalue weighted by Gasteiger charge is 2.33. The van der Waals surface area contributed by atoms with Crippen molar-refractivity contribution in [1.82, 2.24) is 15.1 Å². The monoisotopic (exact) mass is 197 g/mol. The van der Waals surface area contributed by atoms with Gasteiger partial charge in [0.1, 0.15) is 0 Å². The molecule has 1 N–H and O–H groups in total. The smallest absolute Gasteiger partial charge is 0.0126 e. The molecule has 82 valence electrons. The number of nitrogens with one attached hydrogen (secondary N) is 1. The van der Waals surface area contributed by atoms with E-state index in [0.717, 1.165) is 18.6 Å². The molecule has 14 heavy (non-hydrogen) atoms. The molecule has 1 aliphatic heterocycles. The second kappa shape index (κ2) is 4.60. The summed E-state index contributed by atoms with van der Waals surface area (Å²) in [6, 6.07) is 1.69. The summed E-state index contributed by atoms with van der Waals surface area (Å²) in [5.74, 6) is 0. The summed E-state index contributed by atoms with van der Waals surface area (Å²) in [4.78, 5) is 5.10. The third kappa shape index (κ3) is 2.27. The molecular formula is C11H23N3. The zero-order valence-corrected chi connectivity index (χ0v) is 9.50. The van der Waals surface area contributed by atoms with E-state index in [4.69, 9.17) is 0 Å². The molecule has 1 saturated heterocycles. The molecule has 2 aliphatic rings. The van der Waals surface area contributed by atoms with Gasteiger partial charge in [-0.1, -0.05) is 6.92 Å². The number of hydrogen-bond acceptors (Lipinski definition) is 3. The highest BCUT2D eigenvalue weighted by molar-refractivity contribution is 4.92. The molecule has 3 nitrogen and oxygen atoms in total. The normalized spacial score (nSPS) is 35.6. The van der Waals surface area contributed by atoms with Gasteiger partial charge >= 0.3 is 0 Å². The predicted octanol–water partition coefficient (Wildman–Crippen LogP) is 0.374. The van der Waals surface area contributed by atoms with E-state index in [1.54, 1.807) is 0 Å². The first-order chi connectivity index (χ1) is 6.79. The van der Waals surface area contributed by atoms with Crippen LogP contribution >= 0.6 is 0 Å². The third-order valence-corrected chi connectivity index (χ3v) is 3.66. The van der Waals surface area contributed by atoms with Crippen molar-refractivity contribution in [1.29, 1.82) is 0 Å². The van der Waals surface area contributed by atoms with Crippen LogP contribution in [0.5, 0.6) is 0 Å². The van der Waals surface area contributed by atoms with E-state index in [9.17, 15) is 0 Å². The maximum atomic E-state index is 3.52. The summed E-state index contributed by atoms with van der Waals surface area (Å²) >= 11 is 0. The van der Waals surface area contributed by atoms with Gasteiger partial charge in [0.2, 0.25) is 0 Å². The molecule has 1 heterocycles. The van der Waals surface area contributed by atoms with Crippen LogP contribution in [0.2, 0.25) is 0 Å². The van der Waals surface area contributed by atoms with Crippen LogP contribution in [0.3, 0.4) is 0 Å². The van der Waals surface area contributed by atoms with Gasteiger partial charge in [-0.05, 0) is 26.4 Å². The van der Waals surface area contributed by atoms with E-state index in [0.29, 0.717) is 0 Å². The molecule has 0 aromatic heterocycles. The van der Waals surface area contributed by atoms with E-state index in [1.807, 2.05) is 0 Å². The van der Waals surface area contributed by atoms with Gasteiger partial charge < -0.3 is 10.2 Å². The lowest BCUT2D eigenvalue weighted by Gasteiger charge is -2.46. The number of rotatable bonds is 3. The average molecular weight is 197 g/mol. The lowest BCUT2D eigenvalue weighted by molar-refractivity contribution is 0.0537. The Morgan fingerprint density at radius 3 is 2.36 bits per heavy atom. The molecule has 0 aromatic rings. The molecule has 0 aromatic carbocycles. The maximum absolute atomic E-state index is 3.52. The summed E-state index contributed by atoms with van der Waals surface area (Å²) in [6.07, 6.45) is 2.75. The fraction of sp³-hybridized carbons (Fsp3) is 1.00. The standard InChI is InChI=1S/C11H23N3/c1-3-12-10-8-11(9-10)14-6-4-13(2)5-7-14/h10-12H,3-9H2,1-2H3. The molecule has 0 radical (unpaired) electrons. The van der Waals surface area contributed by atoms with Crippen LogP contribution in [0.25, 0.3) is 0 Å². The largest absolute Gasteiger partial charge is 0.314 e. The molecule has 0 amide bonds. The zero-order valence-electron chi connectivity index (χ0n) is 9.50. The molecule has 2 rings (SSSR count). The summed E-state index contributed by atoms with van der Waals surface area (Å²) in [6.45, 7) is 8.38. The Morgan fingerprint density at radius 2 is 1.79 bits per heavy atom. The van der Waals surface area contributed by atoms with Crippen LogP contribution in [-0.4, -0.2) is 61.7 Å². The van der Waals surface area contributed by atoms with Gasteiger partial charge in [-0.15, -0.1) is 0 Å². The summed E-state index contributed by atoms with van der Waals surface area (Å²) in [7, 11) is 2.22. The van der Waals surface area contributed by atoms with Gasteiger partial charge in [0, 0.05) is 38.3 Å². The van der Waals surface area contributed by atoms with Crippen molar-refractivity contribution in [2.75, 3.05) is 39.8 Å². The van der Waals surface area contributed by atoms with Gasteiger partial charge in [0.25, 0.3) is 0 Å². The third-order valence-electron chi connectivity index (χ3n) is 3.66. The molecule has 2 fully saturated rings. The van der Waals surface area contributed by atoms with Crippen LogP contribution in [0.15, 0.2) is 0 Å². The maximum Gasteiger partial charge on any atom is 0.0126 e. The lowest BCUT2D eigenvalue weighted by atomic mass is 9.85. The Bertz CT molecular complexity index is 169. The van der Waals surface area contributed by atoms with E-state index in [1.165, 1.54) is 39.0 Å². The second-order valence-corrected chi connectivity index (χ2v) is 4.72. The van der Waals surface area contributed by atoms with E-state index >= 15 is 0 Å².